The average Bonchev–Trinajstić information content (AvgIpc) is 3.55. The van der Waals surface area contributed by atoms with Crippen molar-refractivity contribution >= 4 is 17.7 Å². The zero-order chi connectivity index (χ0) is 24.3. The van der Waals surface area contributed by atoms with Gasteiger partial charge in [-0.1, -0.05) is 42.8 Å². The molecule has 2 aliphatic rings. The lowest BCUT2D eigenvalue weighted by Crippen LogP contribution is -2.49. The molecule has 184 valence electrons. The van der Waals surface area contributed by atoms with Crippen LogP contribution in [0.25, 0.3) is 0 Å². The summed E-state index contributed by atoms with van der Waals surface area (Å²) in [5, 5.41) is 9.93. The standard InChI is InChI=1S/C27H33N5O2S/c1-31-24(29-30-26(31)35-19-20-7-5-15-28-17-20)21-8-6-16-32(18-21)25(33)27(13-3-4-14-27)22-9-11-23(34-2)12-10-22/h5,7,9-12,15,17,21H,3-4,6,8,13-14,16,18-19H2,1-2H3/t21-/m1/s1. The first kappa shape index (κ1) is 23.9. The fourth-order valence-corrected chi connectivity index (χ4v) is 6.48. The maximum absolute atomic E-state index is 14.0. The van der Waals surface area contributed by atoms with Crippen LogP contribution >= 0.6 is 11.8 Å². The number of carbonyl (C=O) groups excluding carboxylic acids is 1. The number of hydrogen-bond donors (Lipinski definition) is 0. The minimum absolute atomic E-state index is 0.201. The van der Waals surface area contributed by atoms with Crippen LogP contribution in [0.15, 0.2) is 53.9 Å². The number of nitrogens with zero attached hydrogens (tertiary/aromatic N) is 5. The molecule has 0 N–H and O–H groups in total. The number of pyridine rings is 1. The van der Waals surface area contributed by atoms with Gasteiger partial charge in [-0.3, -0.25) is 9.78 Å². The largest absolute Gasteiger partial charge is 0.497 e. The van der Waals surface area contributed by atoms with Crippen molar-refractivity contribution in [2.24, 2.45) is 7.05 Å². The van der Waals surface area contributed by atoms with Crippen LogP contribution in [0.5, 0.6) is 5.75 Å². The summed E-state index contributed by atoms with van der Waals surface area (Å²) < 4.78 is 7.45. The van der Waals surface area contributed by atoms with Crippen molar-refractivity contribution < 1.29 is 9.53 Å². The Bertz CT molecular complexity index is 1140. The Hall–Kier alpha value is -2.87. The van der Waals surface area contributed by atoms with Crippen molar-refractivity contribution in [3.8, 4) is 5.75 Å². The first-order valence-corrected chi connectivity index (χ1v) is 13.4. The molecule has 2 aromatic heterocycles. The molecule has 1 saturated carbocycles. The SMILES string of the molecule is COc1ccc(C2(C(=O)N3CCC[C@@H](c4nnc(SCc5cccnc5)n4C)C3)CCCC2)cc1. The van der Waals surface area contributed by atoms with Gasteiger partial charge in [-0.15, -0.1) is 10.2 Å². The van der Waals surface area contributed by atoms with Gasteiger partial charge in [-0.25, -0.2) is 0 Å². The lowest BCUT2D eigenvalue weighted by molar-refractivity contribution is -0.138. The Morgan fingerprint density at radius 1 is 1.14 bits per heavy atom. The molecular weight excluding hydrogens is 458 g/mol. The number of likely N-dealkylation sites (tertiary alicyclic amines) is 1. The van der Waals surface area contributed by atoms with Crippen LogP contribution in [-0.2, 0) is 23.0 Å². The molecule has 8 heteroatoms. The predicted octanol–water partition coefficient (Wildman–Crippen LogP) is 4.73. The quantitative estimate of drug-likeness (QED) is 0.445. The van der Waals surface area contributed by atoms with Crippen LogP contribution in [0.2, 0.25) is 0 Å². The summed E-state index contributed by atoms with van der Waals surface area (Å²) >= 11 is 1.67. The number of hydrogen-bond acceptors (Lipinski definition) is 6. The van der Waals surface area contributed by atoms with Crippen LogP contribution in [0.4, 0.5) is 0 Å². The van der Waals surface area contributed by atoms with Crippen LogP contribution in [-0.4, -0.2) is 50.8 Å². The van der Waals surface area contributed by atoms with Crippen LogP contribution in [0.3, 0.4) is 0 Å². The zero-order valence-electron chi connectivity index (χ0n) is 20.5. The van der Waals surface area contributed by atoms with Crippen LogP contribution < -0.4 is 4.74 Å². The minimum atomic E-state index is -0.418. The Kier molecular flexibility index (Phi) is 7.09. The van der Waals surface area contributed by atoms with Gasteiger partial charge in [-0.2, -0.15) is 0 Å². The number of benzene rings is 1. The van der Waals surface area contributed by atoms with Gasteiger partial charge in [0.1, 0.15) is 11.6 Å². The molecule has 0 radical (unpaired) electrons. The van der Waals surface area contributed by atoms with E-state index >= 15 is 0 Å². The smallest absolute Gasteiger partial charge is 0.233 e. The van der Waals surface area contributed by atoms with Gasteiger partial charge in [0.15, 0.2) is 5.16 Å². The van der Waals surface area contributed by atoms with E-state index in [2.05, 4.69) is 42.8 Å². The van der Waals surface area contributed by atoms with Crippen molar-refractivity contribution in [1.29, 1.82) is 0 Å². The number of methoxy groups -OCH3 is 1. The Balaban J connectivity index is 1.31. The van der Waals surface area contributed by atoms with E-state index in [0.717, 1.165) is 78.7 Å². The highest BCUT2D eigenvalue weighted by atomic mass is 32.2. The fourth-order valence-electron chi connectivity index (χ4n) is 5.63. The van der Waals surface area contributed by atoms with Gasteiger partial charge < -0.3 is 14.2 Å². The fraction of sp³-hybridized carbons (Fsp3) is 0.481. The Labute approximate surface area is 211 Å². The topological polar surface area (TPSA) is 73.1 Å². The molecule has 0 spiro atoms. The zero-order valence-corrected chi connectivity index (χ0v) is 21.3. The van der Waals surface area contributed by atoms with Gasteiger partial charge in [0, 0.05) is 44.2 Å². The van der Waals surface area contributed by atoms with Crippen LogP contribution in [0, 0.1) is 0 Å². The lowest BCUT2D eigenvalue weighted by atomic mass is 9.77. The first-order chi connectivity index (χ1) is 17.1. The van der Waals surface area contributed by atoms with Crippen molar-refractivity contribution in [1.82, 2.24) is 24.6 Å². The van der Waals surface area contributed by atoms with E-state index in [9.17, 15) is 4.79 Å². The summed E-state index contributed by atoms with van der Waals surface area (Å²) in [6, 6.07) is 12.1. The normalized spacial score (nSPS) is 19.6. The van der Waals surface area contributed by atoms with E-state index in [0.29, 0.717) is 6.54 Å². The third-order valence-electron chi connectivity index (χ3n) is 7.54. The molecule has 2 fully saturated rings. The number of amides is 1. The van der Waals surface area contributed by atoms with Gasteiger partial charge in [0.2, 0.25) is 5.91 Å². The molecule has 1 atom stereocenters. The summed E-state index contributed by atoms with van der Waals surface area (Å²) in [6.07, 6.45) is 9.70. The summed E-state index contributed by atoms with van der Waals surface area (Å²) in [6.45, 7) is 1.52. The first-order valence-electron chi connectivity index (χ1n) is 12.5. The lowest BCUT2D eigenvalue weighted by Gasteiger charge is -2.39. The molecule has 3 heterocycles. The van der Waals surface area contributed by atoms with Gasteiger partial charge in [0.25, 0.3) is 0 Å². The van der Waals surface area contributed by atoms with Crippen molar-refractivity contribution in [2.45, 2.75) is 60.8 Å². The summed E-state index contributed by atoms with van der Waals surface area (Å²) in [5.41, 5.74) is 1.87. The highest BCUT2D eigenvalue weighted by Crippen LogP contribution is 2.44. The van der Waals surface area contributed by atoms with E-state index in [-0.39, 0.29) is 11.8 Å². The number of piperidine rings is 1. The minimum Gasteiger partial charge on any atom is -0.497 e. The molecule has 0 unspecified atom stereocenters. The van der Waals surface area contributed by atoms with Crippen LogP contribution in [0.1, 0.15) is 61.4 Å². The second-order valence-corrected chi connectivity index (χ2v) is 10.6. The molecule has 1 amide bonds. The van der Waals surface area contributed by atoms with E-state index < -0.39 is 5.41 Å². The molecule has 1 aromatic carbocycles. The second-order valence-electron chi connectivity index (χ2n) is 9.66. The maximum atomic E-state index is 14.0. The summed E-state index contributed by atoms with van der Waals surface area (Å²) in [7, 11) is 3.71. The van der Waals surface area contributed by atoms with E-state index in [1.807, 2.05) is 31.4 Å². The molecule has 5 rings (SSSR count). The maximum Gasteiger partial charge on any atom is 0.233 e. The van der Waals surface area contributed by atoms with Crippen molar-refractivity contribution in [3.63, 3.8) is 0 Å². The summed E-state index contributed by atoms with van der Waals surface area (Å²) in [5.74, 6) is 3.08. The Morgan fingerprint density at radius 3 is 2.66 bits per heavy atom. The molecule has 0 bridgehead atoms. The van der Waals surface area contributed by atoms with Gasteiger partial charge in [0.05, 0.1) is 12.5 Å². The Morgan fingerprint density at radius 2 is 1.94 bits per heavy atom. The number of aromatic nitrogens is 4. The number of thioether (sulfide) groups is 1. The van der Waals surface area contributed by atoms with E-state index in [1.54, 1.807) is 25.1 Å². The molecule has 3 aromatic rings. The molecular formula is C27H33N5O2S. The highest BCUT2D eigenvalue weighted by molar-refractivity contribution is 7.98. The molecule has 1 saturated heterocycles. The number of rotatable bonds is 7. The van der Waals surface area contributed by atoms with E-state index in [1.165, 1.54) is 0 Å². The third-order valence-corrected chi connectivity index (χ3v) is 8.63. The average molecular weight is 492 g/mol. The molecule has 7 nitrogen and oxygen atoms in total. The van der Waals surface area contributed by atoms with Crippen molar-refractivity contribution in [2.75, 3.05) is 20.2 Å². The van der Waals surface area contributed by atoms with E-state index in [4.69, 9.17) is 4.74 Å². The number of carbonyl (C=O) groups is 1. The predicted molar refractivity (Wildman–Crippen MR) is 136 cm³/mol. The molecule has 1 aliphatic heterocycles. The van der Waals surface area contributed by atoms with Gasteiger partial charge in [-0.05, 0) is 55.0 Å². The number of ether oxygens (including phenoxy) is 1. The van der Waals surface area contributed by atoms with Gasteiger partial charge >= 0.3 is 0 Å². The molecule has 35 heavy (non-hydrogen) atoms. The second kappa shape index (κ2) is 10.4. The van der Waals surface area contributed by atoms with Crippen molar-refractivity contribution in [3.05, 3.63) is 65.7 Å². The summed E-state index contributed by atoms with van der Waals surface area (Å²) in [4.78, 5) is 20.3. The molecule has 1 aliphatic carbocycles. The monoisotopic (exact) mass is 491 g/mol. The highest BCUT2D eigenvalue weighted by Gasteiger charge is 2.46. The third kappa shape index (κ3) is 4.81.